The molecule has 1 fully saturated rings. The second-order valence-electron chi connectivity index (χ2n) is 5.71. The minimum Gasteiger partial charge on any atom is -0.326 e. The standard InChI is InChI=1S/C17H22N2S/c1-13(18)17(16-8-5-11-20-16)19-10-9-15(12-19)14-6-3-2-4-7-14/h2-8,11,13,15,17H,9-10,12,18H2,1H3. The molecule has 3 rings (SSSR count). The molecule has 106 valence electrons. The van der Waals surface area contributed by atoms with E-state index in [-0.39, 0.29) is 6.04 Å². The first-order chi connectivity index (χ1) is 9.75. The fourth-order valence-electron chi connectivity index (χ4n) is 3.27. The molecule has 0 amide bonds. The molecule has 3 unspecified atom stereocenters. The predicted octanol–water partition coefficient (Wildman–Crippen LogP) is 3.63. The number of benzene rings is 1. The van der Waals surface area contributed by atoms with E-state index in [0.29, 0.717) is 12.0 Å². The molecule has 2 aromatic rings. The predicted molar refractivity (Wildman–Crippen MR) is 86.1 cm³/mol. The van der Waals surface area contributed by atoms with E-state index >= 15 is 0 Å². The first-order valence-electron chi connectivity index (χ1n) is 7.33. The minimum atomic E-state index is 0.170. The van der Waals surface area contributed by atoms with Crippen LogP contribution < -0.4 is 5.73 Å². The van der Waals surface area contributed by atoms with Gasteiger partial charge in [0.05, 0.1) is 6.04 Å². The Morgan fingerprint density at radius 3 is 2.65 bits per heavy atom. The molecule has 0 bridgehead atoms. The maximum Gasteiger partial charge on any atom is 0.0590 e. The van der Waals surface area contributed by atoms with Crippen LogP contribution in [0.5, 0.6) is 0 Å². The van der Waals surface area contributed by atoms with Crippen LogP contribution in [0.3, 0.4) is 0 Å². The van der Waals surface area contributed by atoms with Gasteiger partial charge in [-0.25, -0.2) is 0 Å². The third-order valence-electron chi connectivity index (χ3n) is 4.22. The van der Waals surface area contributed by atoms with Gasteiger partial charge in [-0.15, -0.1) is 11.3 Å². The van der Waals surface area contributed by atoms with E-state index in [1.165, 1.54) is 16.9 Å². The minimum absolute atomic E-state index is 0.170. The van der Waals surface area contributed by atoms with Crippen LogP contribution in [0.1, 0.15) is 35.7 Å². The maximum absolute atomic E-state index is 6.26. The van der Waals surface area contributed by atoms with E-state index in [9.17, 15) is 0 Å². The lowest BCUT2D eigenvalue weighted by Crippen LogP contribution is -2.37. The number of rotatable bonds is 4. The normalized spacial score (nSPS) is 22.8. The van der Waals surface area contributed by atoms with Crippen LogP contribution >= 0.6 is 11.3 Å². The molecule has 0 aliphatic carbocycles. The van der Waals surface area contributed by atoms with E-state index in [1.807, 2.05) is 11.3 Å². The Labute approximate surface area is 125 Å². The summed E-state index contributed by atoms with van der Waals surface area (Å²) in [5.41, 5.74) is 7.72. The number of hydrogen-bond acceptors (Lipinski definition) is 3. The van der Waals surface area contributed by atoms with Crippen LogP contribution in [-0.2, 0) is 0 Å². The molecule has 1 saturated heterocycles. The van der Waals surface area contributed by atoms with Gasteiger partial charge in [0.25, 0.3) is 0 Å². The van der Waals surface area contributed by atoms with Gasteiger partial charge in [0.1, 0.15) is 0 Å². The van der Waals surface area contributed by atoms with E-state index in [0.717, 1.165) is 13.1 Å². The molecule has 1 aromatic carbocycles. The molecule has 1 aromatic heterocycles. The lowest BCUT2D eigenvalue weighted by Gasteiger charge is -2.30. The van der Waals surface area contributed by atoms with Crippen LogP contribution in [0, 0.1) is 0 Å². The van der Waals surface area contributed by atoms with Gasteiger partial charge < -0.3 is 5.73 Å². The van der Waals surface area contributed by atoms with Gasteiger partial charge in [0.15, 0.2) is 0 Å². The lowest BCUT2D eigenvalue weighted by molar-refractivity contribution is 0.220. The molecular formula is C17H22N2S. The Balaban J connectivity index is 1.75. The molecular weight excluding hydrogens is 264 g/mol. The summed E-state index contributed by atoms with van der Waals surface area (Å²) < 4.78 is 0. The van der Waals surface area contributed by atoms with Crippen LogP contribution in [-0.4, -0.2) is 24.0 Å². The van der Waals surface area contributed by atoms with Crippen molar-refractivity contribution < 1.29 is 0 Å². The van der Waals surface area contributed by atoms with Gasteiger partial charge in [-0.05, 0) is 42.8 Å². The fourth-order valence-corrected chi connectivity index (χ4v) is 4.24. The quantitative estimate of drug-likeness (QED) is 0.930. The zero-order valence-electron chi connectivity index (χ0n) is 11.9. The summed E-state index contributed by atoms with van der Waals surface area (Å²) >= 11 is 1.82. The SMILES string of the molecule is CC(N)C(c1cccs1)N1CCC(c2ccccc2)C1. The Kier molecular flexibility index (Phi) is 4.20. The summed E-state index contributed by atoms with van der Waals surface area (Å²) in [5, 5.41) is 2.15. The molecule has 0 saturated carbocycles. The Morgan fingerprint density at radius 1 is 1.20 bits per heavy atom. The molecule has 1 aliphatic heterocycles. The Morgan fingerprint density at radius 2 is 2.00 bits per heavy atom. The van der Waals surface area contributed by atoms with Crippen LogP contribution in [0.15, 0.2) is 47.8 Å². The highest BCUT2D eigenvalue weighted by molar-refractivity contribution is 7.10. The number of nitrogens with two attached hydrogens (primary N) is 1. The maximum atomic E-state index is 6.26. The summed E-state index contributed by atoms with van der Waals surface area (Å²) in [6.07, 6.45) is 1.23. The Hall–Kier alpha value is -1.16. The highest BCUT2D eigenvalue weighted by Gasteiger charge is 2.32. The third kappa shape index (κ3) is 2.80. The van der Waals surface area contributed by atoms with Crippen molar-refractivity contribution in [1.82, 2.24) is 4.90 Å². The molecule has 3 atom stereocenters. The molecule has 0 spiro atoms. The van der Waals surface area contributed by atoms with Crippen molar-refractivity contribution in [2.45, 2.75) is 31.3 Å². The summed E-state index contributed by atoms with van der Waals surface area (Å²) in [6.45, 7) is 4.39. The van der Waals surface area contributed by atoms with Crippen LogP contribution in [0.2, 0.25) is 0 Å². The van der Waals surface area contributed by atoms with Gasteiger partial charge in [-0.3, -0.25) is 4.90 Å². The number of likely N-dealkylation sites (tertiary alicyclic amines) is 1. The zero-order valence-corrected chi connectivity index (χ0v) is 12.7. The zero-order chi connectivity index (χ0) is 13.9. The van der Waals surface area contributed by atoms with Crippen molar-refractivity contribution in [1.29, 1.82) is 0 Å². The molecule has 2 N–H and O–H groups in total. The molecule has 1 aliphatic rings. The van der Waals surface area contributed by atoms with Crippen molar-refractivity contribution in [2.24, 2.45) is 5.73 Å². The van der Waals surface area contributed by atoms with Gasteiger partial charge in [0.2, 0.25) is 0 Å². The second kappa shape index (κ2) is 6.08. The molecule has 3 heteroatoms. The van der Waals surface area contributed by atoms with Crippen molar-refractivity contribution >= 4 is 11.3 Å². The Bertz CT molecular complexity index is 521. The summed E-state index contributed by atoms with van der Waals surface area (Å²) in [5.74, 6) is 0.650. The molecule has 2 nitrogen and oxygen atoms in total. The van der Waals surface area contributed by atoms with E-state index < -0.39 is 0 Å². The number of nitrogens with zero attached hydrogens (tertiary/aromatic N) is 1. The third-order valence-corrected chi connectivity index (χ3v) is 5.16. The van der Waals surface area contributed by atoms with E-state index in [1.54, 1.807) is 0 Å². The molecule has 20 heavy (non-hydrogen) atoms. The smallest absolute Gasteiger partial charge is 0.0590 e. The number of hydrogen-bond donors (Lipinski definition) is 1. The fraction of sp³-hybridized carbons (Fsp3) is 0.412. The van der Waals surface area contributed by atoms with E-state index in [4.69, 9.17) is 5.73 Å². The molecule has 2 heterocycles. The highest BCUT2D eigenvalue weighted by Crippen LogP contribution is 2.35. The first-order valence-corrected chi connectivity index (χ1v) is 8.21. The van der Waals surface area contributed by atoms with E-state index in [2.05, 4.69) is 59.7 Å². The first kappa shape index (κ1) is 13.8. The van der Waals surface area contributed by atoms with Gasteiger partial charge in [-0.2, -0.15) is 0 Å². The number of thiophene rings is 1. The monoisotopic (exact) mass is 286 g/mol. The lowest BCUT2D eigenvalue weighted by atomic mass is 9.98. The highest BCUT2D eigenvalue weighted by atomic mass is 32.1. The van der Waals surface area contributed by atoms with Gasteiger partial charge in [-0.1, -0.05) is 36.4 Å². The van der Waals surface area contributed by atoms with Crippen molar-refractivity contribution in [3.05, 3.63) is 58.3 Å². The average molecular weight is 286 g/mol. The van der Waals surface area contributed by atoms with Crippen molar-refractivity contribution in [2.75, 3.05) is 13.1 Å². The second-order valence-corrected chi connectivity index (χ2v) is 6.69. The summed E-state index contributed by atoms with van der Waals surface area (Å²) in [6, 6.07) is 15.7. The summed E-state index contributed by atoms with van der Waals surface area (Å²) in [4.78, 5) is 3.96. The van der Waals surface area contributed by atoms with Crippen LogP contribution in [0.25, 0.3) is 0 Å². The van der Waals surface area contributed by atoms with Crippen LogP contribution in [0.4, 0.5) is 0 Å². The largest absolute Gasteiger partial charge is 0.326 e. The summed E-state index contributed by atoms with van der Waals surface area (Å²) in [7, 11) is 0. The molecule has 0 radical (unpaired) electrons. The van der Waals surface area contributed by atoms with Crippen molar-refractivity contribution in [3.63, 3.8) is 0 Å². The average Bonchev–Trinajstić information content (AvgIpc) is 3.12. The topological polar surface area (TPSA) is 29.3 Å². The van der Waals surface area contributed by atoms with Gasteiger partial charge in [0, 0.05) is 17.5 Å². The van der Waals surface area contributed by atoms with Crippen molar-refractivity contribution in [3.8, 4) is 0 Å². The van der Waals surface area contributed by atoms with Gasteiger partial charge >= 0.3 is 0 Å².